The van der Waals surface area contributed by atoms with Gasteiger partial charge in [0.2, 0.25) is 0 Å². The standard InChI is InChI=1S/2Li.H2O8/c;;1-3-5-7-8-6-4-2/h;;1-2H/q2*+1;/p-2. The molecule has 0 bridgehead atoms. The maximum Gasteiger partial charge on any atom is 1.00 e. The molecule has 0 atom stereocenters. The summed E-state index contributed by atoms with van der Waals surface area (Å²) in [7, 11) is 0. The average Bonchev–Trinajstić information content (AvgIpc) is 1.81. The van der Waals surface area contributed by atoms with Crippen LogP contribution >= 0.6 is 0 Å². The molecule has 0 saturated heterocycles. The van der Waals surface area contributed by atoms with Crippen molar-refractivity contribution in [3.05, 3.63) is 0 Å². The molecule has 0 amide bonds. The van der Waals surface area contributed by atoms with Crippen molar-refractivity contribution in [2.24, 2.45) is 0 Å². The summed E-state index contributed by atoms with van der Waals surface area (Å²) in [5.74, 6) is 0. The fourth-order valence-electron chi connectivity index (χ4n) is 0.0454. The SMILES string of the molecule is [Li+].[Li+].[O-]OOOOOO[O-]. The Balaban J connectivity index is -0.000000245. The van der Waals surface area contributed by atoms with Crippen molar-refractivity contribution < 1.29 is 78.5 Å². The molecule has 0 fully saturated rings. The van der Waals surface area contributed by atoms with Crippen LogP contribution in [0.5, 0.6) is 0 Å². The van der Waals surface area contributed by atoms with Gasteiger partial charge in [-0.05, 0) is 20.2 Å². The minimum Gasteiger partial charge on any atom is -0.689 e. The van der Waals surface area contributed by atoms with Crippen molar-refractivity contribution in [2.45, 2.75) is 0 Å². The zero-order valence-electron chi connectivity index (χ0n) is 5.27. The molecular weight excluding hydrogens is 142 g/mol. The van der Waals surface area contributed by atoms with Gasteiger partial charge in [-0.1, -0.05) is 0 Å². The molecule has 0 aliphatic heterocycles. The molecule has 0 unspecified atom stereocenters. The Bertz CT molecular complexity index is 32.2. The van der Waals surface area contributed by atoms with Crippen LogP contribution in [0.25, 0.3) is 0 Å². The Labute approximate surface area is 78.7 Å². The monoisotopic (exact) mass is 142 g/mol. The van der Waals surface area contributed by atoms with Gasteiger partial charge < -0.3 is 10.5 Å². The summed E-state index contributed by atoms with van der Waals surface area (Å²) < 4.78 is 0. The van der Waals surface area contributed by atoms with Crippen LogP contribution < -0.4 is 48.2 Å². The molecule has 0 aromatic rings. The van der Waals surface area contributed by atoms with E-state index >= 15 is 0 Å². The third-order valence-electron chi connectivity index (χ3n) is 0.139. The Morgan fingerprint density at radius 3 is 1.10 bits per heavy atom. The van der Waals surface area contributed by atoms with E-state index in [1.54, 1.807) is 0 Å². The molecule has 0 aromatic heterocycles. The average molecular weight is 142 g/mol. The van der Waals surface area contributed by atoms with E-state index in [-0.39, 0.29) is 37.7 Å². The summed E-state index contributed by atoms with van der Waals surface area (Å²) in [6.45, 7) is 0. The minimum absolute atomic E-state index is 0. The summed E-state index contributed by atoms with van der Waals surface area (Å²) >= 11 is 0. The Kier molecular flexibility index (Phi) is 28.1. The van der Waals surface area contributed by atoms with Crippen molar-refractivity contribution in [3.63, 3.8) is 0 Å². The van der Waals surface area contributed by atoms with Crippen LogP contribution in [0, 0.1) is 0 Å². The fraction of sp³-hybridized carbons (Fsp3) is 0. The molecule has 0 saturated carbocycles. The van der Waals surface area contributed by atoms with Gasteiger partial charge in [0.1, 0.15) is 0 Å². The molecule has 50 valence electrons. The van der Waals surface area contributed by atoms with Crippen molar-refractivity contribution in [2.75, 3.05) is 0 Å². The summed E-state index contributed by atoms with van der Waals surface area (Å²) in [5.41, 5.74) is 0. The Hall–Kier alpha value is 0.875. The van der Waals surface area contributed by atoms with Crippen LogP contribution in [0.2, 0.25) is 0 Å². The van der Waals surface area contributed by atoms with E-state index < -0.39 is 0 Å². The topological polar surface area (TPSA) is 102 Å². The van der Waals surface area contributed by atoms with Gasteiger partial charge in [0.15, 0.2) is 0 Å². The maximum atomic E-state index is 8.79. The molecule has 0 rings (SSSR count). The predicted octanol–water partition coefficient (Wildman–Crippen LogP) is -8.78. The fourth-order valence-corrected chi connectivity index (χ4v) is 0.0454. The van der Waals surface area contributed by atoms with Crippen molar-refractivity contribution >= 4 is 0 Å². The first-order chi connectivity index (χ1) is 3.91. The van der Waals surface area contributed by atoms with Gasteiger partial charge in [-0.3, -0.25) is 10.1 Å². The van der Waals surface area contributed by atoms with Gasteiger partial charge >= 0.3 is 37.7 Å². The summed E-state index contributed by atoms with van der Waals surface area (Å²) in [4.78, 5) is 0. The van der Waals surface area contributed by atoms with Gasteiger partial charge in [-0.2, -0.15) is 0 Å². The minimum atomic E-state index is 0. The zero-order chi connectivity index (χ0) is 6.24. The van der Waals surface area contributed by atoms with Gasteiger partial charge in [0.05, 0.1) is 0 Å². The molecular formula is Li2O8. The van der Waals surface area contributed by atoms with E-state index in [0.29, 0.717) is 0 Å². The molecule has 10 heteroatoms. The molecule has 0 heterocycles. The third-order valence-corrected chi connectivity index (χ3v) is 0.139. The largest absolute Gasteiger partial charge is 1.00 e. The van der Waals surface area contributed by atoms with E-state index in [4.69, 9.17) is 10.5 Å². The second-order valence-electron chi connectivity index (χ2n) is 0.408. The summed E-state index contributed by atoms with van der Waals surface area (Å²) in [6.07, 6.45) is 0. The number of hydrogen-bond donors (Lipinski definition) is 0. The van der Waals surface area contributed by atoms with E-state index in [1.807, 2.05) is 0 Å². The van der Waals surface area contributed by atoms with Crippen LogP contribution in [0.15, 0.2) is 0 Å². The first-order valence-corrected chi connectivity index (χ1v) is 1.17. The van der Waals surface area contributed by atoms with E-state index in [0.717, 1.165) is 0 Å². The van der Waals surface area contributed by atoms with Gasteiger partial charge in [-0.25, -0.2) is 0 Å². The van der Waals surface area contributed by atoms with Crippen LogP contribution in [0.4, 0.5) is 0 Å². The molecule has 8 nitrogen and oxygen atoms in total. The zero-order valence-corrected chi connectivity index (χ0v) is 5.27. The van der Waals surface area contributed by atoms with E-state index in [1.165, 1.54) is 0 Å². The summed E-state index contributed by atoms with van der Waals surface area (Å²) in [5, 5.41) is 35.0. The predicted molar refractivity (Wildman–Crippen MR) is 6.51 cm³/mol. The van der Waals surface area contributed by atoms with Crippen molar-refractivity contribution in [1.82, 2.24) is 0 Å². The molecule has 10 heavy (non-hydrogen) atoms. The van der Waals surface area contributed by atoms with Crippen molar-refractivity contribution in [3.8, 4) is 0 Å². The van der Waals surface area contributed by atoms with Gasteiger partial charge in [-0.15, -0.1) is 0 Å². The second kappa shape index (κ2) is 16.5. The molecule has 0 aliphatic rings. The molecule has 0 N–H and O–H groups in total. The van der Waals surface area contributed by atoms with E-state index in [2.05, 4.69) is 30.2 Å². The molecule has 0 aromatic carbocycles. The Morgan fingerprint density at radius 1 is 0.600 bits per heavy atom. The van der Waals surface area contributed by atoms with Crippen LogP contribution in [0.1, 0.15) is 0 Å². The van der Waals surface area contributed by atoms with Gasteiger partial charge in [0, 0.05) is 0 Å². The van der Waals surface area contributed by atoms with Crippen LogP contribution in [-0.2, 0) is 30.2 Å². The first kappa shape index (κ1) is 17.1. The van der Waals surface area contributed by atoms with Crippen molar-refractivity contribution in [1.29, 1.82) is 0 Å². The number of rotatable bonds is 5. The first-order valence-electron chi connectivity index (χ1n) is 1.17. The second-order valence-corrected chi connectivity index (χ2v) is 0.408. The maximum absolute atomic E-state index is 8.79. The van der Waals surface area contributed by atoms with Crippen LogP contribution in [0.3, 0.4) is 0 Å². The van der Waals surface area contributed by atoms with Crippen LogP contribution in [-0.4, -0.2) is 0 Å². The Morgan fingerprint density at radius 2 is 0.900 bits per heavy atom. The molecule has 0 radical (unpaired) electrons. The number of hydrogen-bond acceptors (Lipinski definition) is 8. The molecule has 0 aliphatic carbocycles. The summed E-state index contributed by atoms with van der Waals surface area (Å²) in [6, 6.07) is 0. The third kappa shape index (κ3) is 15.9. The quantitative estimate of drug-likeness (QED) is 0.161. The normalized spacial score (nSPS) is 7.80. The molecule has 0 spiro atoms. The smallest absolute Gasteiger partial charge is 0.689 e. The van der Waals surface area contributed by atoms with Gasteiger partial charge in [0.25, 0.3) is 0 Å². The van der Waals surface area contributed by atoms with E-state index in [9.17, 15) is 0 Å².